The molecule has 0 unspecified atom stereocenters. The normalized spacial score (nSPS) is 10.8. The van der Waals surface area contributed by atoms with Crippen molar-refractivity contribution in [2.24, 2.45) is 0 Å². The molecule has 3 aromatic rings. The minimum absolute atomic E-state index is 0.130. The summed E-state index contributed by atoms with van der Waals surface area (Å²) in [6.07, 6.45) is 0. The van der Waals surface area contributed by atoms with E-state index in [2.05, 4.69) is 43.2 Å². The molecule has 24 heavy (non-hydrogen) atoms. The van der Waals surface area contributed by atoms with Crippen LogP contribution in [-0.2, 0) is 0 Å². The summed E-state index contributed by atoms with van der Waals surface area (Å²) in [4.78, 5) is 16.8. The number of carbonyl (C=O) groups is 1. The number of nitrogens with zero attached hydrogens (tertiary/aromatic N) is 1. The molecule has 0 saturated carbocycles. The topological polar surface area (TPSA) is 42.0 Å². The van der Waals surface area contributed by atoms with Gasteiger partial charge in [0.25, 0.3) is 5.91 Å². The van der Waals surface area contributed by atoms with Gasteiger partial charge in [-0.3, -0.25) is 10.1 Å². The van der Waals surface area contributed by atoms with Crippen LogP contribution in [0.1, 0.15) is 41.3 Å². The van der Waals surface area contributed by atoms with E-state index in [1.54, 1.807) is 0 Å². The van der Waals surface area contributed by atoms with Gasteiger partial charge >= 0.3 is 0 Å². The number of thiazole rings is 1. The molecule has 0 spiro atoms. The molecule has 122 valence electrons. The lowest BCUT2D eigenvalue weighted by atomic mass is 10.0. The van der Waals surface area contributed by atoms with Crippen molar-refractivity contribution in [2.75, 3.05) is 5.32 Å². The number of hydrogen-bond acceptors (Lipinski definition) is 3. The van der Waals surface area contributed by atoms with Gasteiger partial charge in [-0.15, -0.1) is 11.3 Å². The second-order valence-corrected chi connectivity index (χ2v) is 6.99. The van der Waals surface area contributed by atoms with Gasteiger partial charge in [0, 0.05) is 16.5 Å². The average Bonchev–Trinajstić information content (AvgIpc) is 3.04. The Kier molecular flexibility index (Phi) is 4.76. The zero-order valence-electron chi connectivity index (χ0n) is 14.0. The van der Waals surface area contributed by atoms with Crippen LogP contribution >= 0.6 is 11.3 Å². The van der Waals surface area contributed by atoms with E-state index < -0.39 is 0 Å². The summed E-state index contributed by atoms with van der Waals surface area (Å²) in [6.45, 7) is 6.33. The highest BCUT2D eigenvalue weighted by atomic mass is 32.1. The molecule has 0 aliphatic carbocycles. The number of carbonyl (C=O) groups excluding carboxylic acids is 1. The molecular weight excluding hydrogens is 316 g/mol. The van der Waals surface area contributed by atoms with Crippen molar-refractivity contribution < 1.29 is 4.79 Å². The molecule has 2 aromatic carbocycles. The number of benzene rings is 2. The minimum atomic E-state index is -0.130. The van der Waals surface area contributed by atoms with E-state index in [0.29, 0.717) is 16.6 Å². The van der Waals surface area contributed by atoms with Crippen molar-refractivity contribution in [3.8, 4) is 11.3 Å². The zero-order valence-corrected chi connectivity index (χ0v) is 14.9. The van der Waals surface area contributed by atoms with E-state index >= 15 is 0 Å². The lowest BCUT2D eigenvalue weighted by Crippen LogP contribution is -2.11. The molecule has 0 saturated heterocycles. The third kappa shape index (κ3) is 3.71. The van der Waals surface area contributed by atoms with Crippen molar-refractivity contribution in [1.82, 2.24) is 4.98 Å². The van der Waals surface area contributed by atoms with Crippen molar-refractivity contribution in [3.05, 3.63) is 70.6 Å². The highest BCUT2D eigenvalue weighted by molar-refractivity contribution is 7.14. The molecule has 0 bridgehead atoms. The van der Waals surface area contributed by atoms with E-state index in [-0.39, 0.29) is 5.91 Å². The summed E-state index contributed by atoms with van der Waals surface area (Å²) in [6, 6.07) is 15.9. The highest BCUT2D eigenvalue weighted by Crippen LogP contribution is 2.25. The first-order valence-electron chi connectivity index (χ1n) is 7.97. The summed E-state index contributed by atoms with van der Waals surface area (Å²) in [5.74, 6) is 0.327. The first kappa shape index (κ1) is 16.4. The molecule has 1 aromatic heterocycles. The maximum atomic E-state index is 12.3. The monoisotopic (exact) mass is 336 g/mol. The van der Waals surface area contributed by atoms with Gasteiger partial charge in [-0.2, -0.15) is 0 Å². The second kappa shape index (κ2) is 6.97. The summed E-state index contributed by atoms with van der Waals surface area (Å²) < 4.78 is 0. The van der Waals surface area contributed by atoms with Crippen molar-refractivity contribution >= 4 is 22.4 Å². The highest BCUT2D eigenvalue weighted by Gasteiger charge is 2.10. The van der Waals surface area contributed by atoms with Gasteiger partial charge in [-0.25, -0.2) is 4.98 Å². The molecule has 1 heterocycles. The largest absolute Gasteiger partial charge is 0.298 e. The number of anilines is 1. The summed E-state index contributed by atoms with van der Waals surface area (Å²) in [7, 11) is 0. The number of nitrogens with one attached hydrogen (secondary N) is 1. The molecule has 0 radical (unpaired) electrons. The molecule has 0 aliphatic rings. The Labute approximate surface area is 146 Å². The first-order valence-corrected chi connectivity index (χ1v) is 8.85. The SMILES string of the molecule is Cc1ccc(-c2csc(NC(=O)c3ccc(C(C)C)cc3)n2)cc1. The number of aromatic nitrogens is 1. The van der Waals surface area contributed by atoms with Gasteiger partial charge < -0.3 is 0 Å². The molecule has 3 nitrogen and oxygen atoms in total. The van der Waals surface area contributed by atoms with Crippen LogP contribution in [0.25, 0.3) is 11.3 Å². The molecule has 0 atom stereocenters. The fourth-order valence-corrected chi connectivity index (χ4v) is 3.09. The smallest absolute Gasteiger partial charge is 0.257 e. The van der Waals surface area contributed by atoms with Crippen LogP contribution in [0.3, 0.4) is 0 Å². The number of hydrogen-bond donors (Lipinski definition) is 1. The van der Waals surface area contributed by atoms with Crippen LogP contribution in [-0.4, -0.2) is 10.9 Å². The van der Waals surface area contributed by atoms with Crippen molar-refractivity contribution in [1.29, 1.82) is 0 Å². The van der Waals surface area contributed by atoms with Crippen molar-refractivity contribution in [2.45, 2.75) is 26.7 Å². The fraction of sp³-hybridized carbons (Fsp3) is 0.200. The fourth-order valence-electron chi connectivity index (χ4n) is 2.38. The number of rotatable bonds is 4. The van der Waals surface area contributed by atoms with Gasteiger partial charge in [-0.1, -0.05) is 55.8 Å². The number of amides is 1. The van der Waals surface area contributed by atoms with Crippen LogP contribution in [0.5, 0.6) is 0 Å². The Morgan fingerprint density at radius 3 is 2.33 bits per heavy atom. The van der Waals surface area contributed by atoms with Crippen LogP contribution in [0, 0.1) is 6.92 Å². The summed E-state index contributed by atoms with van der Waals surface area (Å²) >= 11 is 1.44. The lowest BCUT2D eigenvalue weighted by Gasteiger charge is -2.06. The van der Waals surface area contributed by atoms with Crippen LogP contribution in [0.2, 0.25) is 0 Å². The zero-order chi connectivity index (χ0) is 17.1. The van der Waals surface area contributed by atoms with Gasteiger partial charge in [0.1, 0.15) is 0 Å². The van der Waals surface area contributed by atoms with Crippen LogP contribution in [0.4, 0.5) is 5.13 Å². The van der Waals surface area contributed by atoms with E-state index in [1.807, 2.05) is 41.8 Å². The second-order valence-electron chi connectivity index (χ2n) is 6.13. The molecule has 1 N–H and O–H groups in total. The third-order valence-corrected chi connectivity index (χ3v) is 4.67. The molecule has 4 heteroatoms. The third-order valence-electron chi connectivity index (χ3n) is 3.91. The van der Waals surface area contributed by atoms with Gasteiger partial charge in [0.05, 0.1) is 5.69 Å². The Morgan fingerprint density at radius 1 is 1.04 bits per heavy atom. The Morgan fingerprint density at radius 2 is 1.71 bits per heavy atom. The summed E-state index contributed by atoms with van der Waals surface area (Å²) in [5.41, 5.74) is 5.02. The molecular formula is C20H20N2OS. The predicted molar refractivity (Wildman–Crippen MR) is 101 cm³/mol. The molecule has 3 rings (SSSR count). The first-order chi connectivity index (χ1) is 11.5. The maximum absolute atomic E-state index is 12.3. The van der Waals surface area contributed by atoms with E-state index in [4.69, 9.17) is 0 Å². The lowest BCUT2D eigenvalue weighted by molar-refractivity contribution is 0.102. The Balaban J connectivity index is 1.72. The van der Waals surface area contributed by atoms with Gasteiger partial charge in [-0.05, 0) is 30.5 Å². The van der Waals surface area contributed by atoms with Crippen LogP contribution in [0.15, 0.2) is 53.9 Å². The molecule has 0 aliphatic heterocycles. The minimum Gasteiger partial charge on any atom is -0.298 e. The number of aryl methyl sites for hydroxylation is 1. The van der Waals surface area contributed by atoms with Crippen molar-refractivity contribution in [3.63, 3.8) is 0 Å². The van der Waals surface area contributed by atoms with Gasteiger partial charge in [0.15, 0.2) is 5.13 Å². The quantitative estimate of drug-likeness (QED) is 0.684. The maximum Gasteiger partial charge on any atom is 0.257 e. The van der Waals surface area contributed by atoms with Crippen LogP contribution < -0.4 is 5.32 Å². The van der Waals surface area contributed by atoms with E-state index in [1.165, 1.54) is 22.5 Å². The predicted octanol–water partition coefficient (Wildman–Crippen LogP) is 5.49. The standard InChI is InChI=1S/C20H20N2OS/c1-13(2)15-8-10-17(11-9-15)19(23)22-20-21-18(12-24-20)16-6-4-14(3)5-7-16/h4-13H,1-3H3,(H,21,22,23). The Bertz CT molecular complexity index is 833. The van der Waals surface area contributed by atoms with Gasteiger partial charge in [0.2, 0.25) is 0 Å². The van der Waals surface area contributed by atoms with E-state index in [0.717, 1.165) is 11.3 Å². The molecule has 0 fully saturated rings. The Hall–Kier alpha value is -2.46. The average molecular weight is 336 g/mol. The molecule has 1 amide bonds. The summed E-state index contributed by atoms with van der Waals surface area (Å²) in [5, 5.41) is 5.45. The van der Waals surface area contributed by atoms with E-state index in [9.17, 15) is 4.79 Å².